The molecule has 16 heavy (non-hydrogen) atoms. The van der Waals surface area contributed by atoms with Crippen molar-refractivity contribution in [3.8, 4) is 0 Å². The molecule has 0 saturated heterocycles. The number of hydrogen-bond acceptors (Lipinski definition) is 3. The minimum atomic E-state index is 0.586. The van der Waals surface area contributed by atoms with Crippen molar-refractivity contribution in [1.29, 1.82) is 0 Å². The number of thioether (sulfide) groups is 1. The summed E-state index contributed by atoms with van der Waals surface area (Å²) in [5.41, 5.74) is 0. The van der Waals surface area contributed by atoms with Crippen molar-refractivity contribution in [1.82, 2.24) is 0 Å². The van der Waals surface area contributed by atoms with Gasteiger partial charge in [-0.15, -0.1) is 11.8 Å². The average molecular weight is 281 g/mol. The molecule has 2 nitrogen and oxygen atoms in total. The second-order valence-corrected chi connectivity index (χ2v) is 5.01. The first kappa shape index (κ1) is 14.1. The van der Waals surface area contributed by atoms with Gasteiger partial charge in [-0.3, -0.25) is 0 Å². The van der Waals surface area contributed by atoms with Gasteiger partial charge >= 0.3 is 0 Å². The van der Waals surface area contributed by atoms with Crippen LogP contribution in [0.5, 0.6) is 0 Å². The van der Waals surface area contributed by atoms with Gasteiger partial charge in [0.05, 0.1) is 29.9 Å². The van der Waals surface area contributed by atoms with E-state index in [4.69, 9.17) is 32.7 Å². The van der Waals surface area contributed by atoms with Gasteiger partial charge in [0, 0.05) is 17.8 Å². The van der Waals surface area contributed by atoms with Crippen molar-refractivity contribution in [3.05, 3.63) is 28.2 Å². The highest BCUT2D eigenvalue weighted by Gasteiger charge is 1.99. The van der Waals surface area contributed by atoms with E-state index in [-0.39, 0.29) is 0 Å². The van der Waals surface area contributed by atoms with Gasteiger partial charge in [0.25, 0.3) is 0 Å². The number of hydrogen-bond donors (Lipinski definition) is 0. The average Bonchev–Trinajstić information content (AvgIpc) is 2.28. The largest absolute Gasteiger partial charge is 0.382 e. The highest BCUT2D eigenvalue weighted by molar-refractivity contribution is 7.99. The number of halogens is 2. The molecule has 1 rings (SSSR count). The van der Waals surface area contributed by atoms with Gasteiger partial charge in [-0.05, 0) is 18.2 Å². The van der Waals surface area contributed by atoms with E-state index in [0.29, 0.717) is 29.9 Å². The van der Waals surface area contributed by atoms with Crippen molar-refractivity contribution >= 4 is 35.0 Å². The third-order valence-electron chi connectivity index (χ3n) is 1.82. The molecule has 0 saturated carbocycles. The monoisotopic (exact) mass is 280 g/mol. The van der Waals surface area contributed by atoms with Crippen molar-refractivity contribution in [2.45, 2.75) is 4.90 Å². The van der Waals surface area contributed by atoms with E-state index < -0.39 is 0 Å². The maximum Gasteiger partial charge on any atom is 0.0700 e. The van der Waals surface area contributed by atoms with E-state index in [0.717, 1.165) is 10.6 Å². The Bertz CT molecular complexity index is 321. The summed E-state index contributed by atoms with van der Waals surface area (Å²) < 4.78 is 10.2. The lowest BCUT2D eigenvalue weighted by Crippen LogP contribution is -2.04. The van der Waals surface area contributed by atoms with E-state index in [1.807, 2.05) is 12.1 Å². The third kappa shape index (κ3) is 5.41. The quantitative estimate of drug-likeness (QED) is 0.560. The van der Waals surface area contributed by atoms with Gasteiger partial charge in [0.2, 0.25) is 0 Å². The van der Waals surface area contributed by atoms with E-state index in [1.54, 1.807) is 24.9 Å². The van der Waals surface area contributed by atoms with Gasteiger partial charge < -0.3 is 9.47 Å². The maximum absolute atomic E-state index is 5.90. The zero-order valence-corrected chi connectivity index (χ0v) is 11.4. The second kappa shape index (κ2) is 8.20. The summed E-state index contributed by atoms with van der Waals surface area (Å²) >= 11 is 13.4. The lowest BCUT2D eigenvalue weighted by Gasteiger charge is -2.04. The van der Waals surface area contributed by atoms with E-state index in [1.165, 1.54) is 0 Å². The summed E-state index contributed by atoms with van der Waals surface area (Å²) in [6.07, 6.45) is 0. The predicted octanol–water partition coefficient (Wildman–Crippen LogP) is 3.75. The first-order valence-corrected chi connectivity index (χ1v) is 6.62. The SMILES string of the molecule is COCCOCCSc1ccc(Cl)c(Cl)c1. The van der Waals surface area contributed by atoms with Gasteiger partial charge in [-0.25, -0.2) is 0 Å². The van der Waals surface area contributed by atoms with Crippen LogP contribution in [0, 0.1) is 0 Å². The summed E-state index contributed by atoms with van der Waals surface area (Å²) in [5, 5.41) is 1.18. The fourth-order valence-electron chi connectivity index (χ4n) is 1.03. The first-order chi connectivity index (χ1) is 7.74. The molecule has 0 radical (unpaired) electrons. The van der Waals surface area contributed by atoms with Crippen LogP contribution in [0.3, 0.4) is 0 Å². The van der Waals surface area contributed by atoms with Crippen molar-refractivity contribution < 1.29 is 9.47 Å². The van der Waals surface area contributed by atoms with Gasteiger partial charge in [0.15, 0.2) is 0 Å². The molecule has 0 spiro atoms. The fraction of sp³-hybridized carbons (Fsp3) is 0.455. The minimum absolute atomic E-state index is 0.586. The number of methoxy groups -OCH3 is 1. The molecule has 0 unspecified atom stereocenters. The van der Waals surface area contributed by atoms with Crippen LogP contribution in [0.2, 0.25) is 10.0 Å². The Labute approximate surface area is 110 Å². The summed E-state index contributed by atoms with van der Waals surface area (Å²) in [4.78, 5) is 1.10. The molecule has 0 N–H and O–H groups in total. The van der Waals surface area contributed by atoms with Crippen LogP contribution in [0.25, 0.3) is 0 Å². The summed E-state index contributed by atoms with van der Waals surface area (Å²) in [7, 11) is 1.66. The minimum Gasteiger partial charge on any atom is -0.382 e. The van der Waals surface area contributed by atoms with Crippen LogP contribution < -0.4 is 0 Å². The van der Waals surface area contributed by atoms with Crippen LogP contribution in [0.1, 0.15) is 0 Å². The van der Waals surface area contributed by atoms with Crippen LogP contribution in [-0.4, -0.2) is 32.7 Å². The Balaban J connectivity index is 2.19. The van der Waals surface area contributed by atoms with Crippen LogP contribution in [0.15, 0.2) is 23.1 Å². The lowest BCUT2D eigenvalue weighted by atomic mass is 10.4. The van der Waals surface area contributed by atoms with Crippen LogP contribution >= 0.6 is 35.0 Å². The smallest absolute Gasteiger partial charge is 0.0700 e. The van der Waals surface area contributed by atoms with E-state index in [9.17, 15) is 0 Å². The lowest BCUT2D eigenvalue weighted by molar-refractivity contribution is 0.0790. The molecule has 0 fully saturated rings. The Kier molecular flexibility index (Phi) is 7.25. The van der Waals surface area contributed by atoms with Gasteiger partial charge in [-0.1, -0.05) is 23.2 Å². The van der Waals surface area contributed by atoms with Crippen molar-refractivity contribution in [2.24, 2.45) is 0 Å². The molecule has 1 aromatic carbocycles. The molecule has 5 heteroatoms. The first-order valence-electron chi connectivity index (χ1n) is 4.88. The molecule has 0 aliphatic rings. The Morgan fingerprint density at radius 1 is 1.12 bits per heavy atom. The predicted molar refractivity (Wildman–Crippen MR) is 69.9 cm³/mol. The number of ether oxygens (including phenoxy) is 2. The molecule has 0 heterocycles. The highest BCUT2D eigenvalue weighted by atomic mass is 35.5. The third-order valence-corrected chi connectivity index (χ3v) is 3.52. The van der Waals surface area contributed by atoms with Gasteiger partial charge in [0.1, 0.15) is 0 Å². The van der Waals surface area contributed by atoms with E-state index in [2.05, 4.69) is 0 Å². The Morgan fingerprint density at radius 3 is 2.62 bits per heavy atom. The maximum atomic E-state index is 5.90. The zero-order chi connectivity index (χ0) is 11.8. The molecule has 0 aromatic heterocycles. The second-order valence-electron chi connectivity index (χ2n) is 3.03. The molecule has 0 atom stereocenters. The molecule has 0 aliphatic carbocycles. The molecule has 0 aliphatic heterocycles. The van der Waals surface area contributed by atoms with Crippen LogP contribution in [0.4, 0.5) is 0 Å². The van der Waals surface area contributed by atoms with Gasteiger partial charge in [-0.2, -0.15) is 0 Å². The molecule has 90 valence electrons. The molecular weight excluding hydrogens is 267 g/mol. The summed E-state index contributed by atoms with van der Waals surface area (Å²) in [6.45, 7) is 1.98. The zero-order valence-electron chi connectivity index (χ0n) is 9.04. The topological polar surface area (TPSA) is 18.5 Å². The summed E-state index contributed by atoms with van der Waals surface area (Å²) in [6, 6.07) is 5.62. The molecule has 1 aromatic rings. The Hall–Kier alpha value is 0.0700. The normalized spacial score (nSPS) is 10.7. The highest BCUT2D eigenvalue weighted by Crippen LogP contribution is 2.27. The number of rotatable bonds is 7. The molecule has 0 amide bonds. The molecule has 0 bridgehead atoms. The van der Waals surface area contributed by atoms with Crippen molar-refractivity contribution in [3.63, 3.8) is 0 Å². The summed E-state index contributed by atoms with van der Waals surface area (Å²) in [5.74, 6) is 0.891. The van der Waals surface area contributed by atoms with Crippen molar-refractivity contribution in [2.75, 3.05) is 32.7 Å². The standard InChI is InChI=1S/C11H14Cl2O2S/c1-14-4-5-15-6-7-16-9-2-3-10(12)11(13)8-9/h2-3,8H,4-7H2,1H3. The molecular formula is C11H14Cl2O2S. The number of benzene rings is 1. The van der Waals surface area contributed by atoms with E-state index >= 15 is 0 Å². The fourth-order valence-corrected chi connectivity index (χ4v) is 2.19. The Morgan fingerprint density at radius 2 is 1.94 bits per heavy atom. The van der Waals surface area contributed by atoms with Crippen LogP contribution in [-0.2, 0) is 9.47 Å².